The van der Waals surface area contributed by atoms with Crippen LogP contribution in [0.3, 0.4) is 0 Å². The molecule has 1 atom stereocenters. The van der Waals surface area contributed by atoms with Crippen LogP contribution in [0.5, 0.6) is 0 Å². The average Bonchev–Trinajstić information content (AvgIpc) is 3.25. The maximum Gasteiger partial charge on any atom is 0.348 e. The second-order valence-corrected chi connectivity index (χ2v) is 7.29. The predicted octanol–water partition coefficient (Wildman–Crippen LogP) is 2.37. The third kappa shape index (κ3) is 3.75. The zero-order valence-corrected chi connectivity index (χ0v) is 14.4. The molecule has 0 N–H and O–H groups in total. The summed E-state index contributed by atoms with van der Waals surface area (Å²) in [5, 5.41) is 1.93. The number of carbonyl (C=O) groups excluding carboxylic acids is 2. The maximum atomic E-state index is 12.6. The molecule has 0 radical (unpaired) electrons. The van der Waals surface area contributed by atoms with Crippen LogP contribution in [0.4, 0.5) is 0 Å². The topological polar surface area (TPSA) is 49.9 Å². The van der Waals surface area contributed by atoms with Gasteiger partial charge in [-0.25, -0.2) is 4.79 Å². The van der Waals surface area contributed by atoms with E-state index in [0.717, 1.165) is 64.0 Å². The van der Waals surface area contributed by atoms with Gasteiger partial charge in [0.2, 0.25) is 5.91 Å². The number of carbonyl (C=O) groups is 2. The van der Waals surface area contributed by atoms with Crippen LogP contribution in [0.25, 0.3) is 0 Å². The Bertz CT molecular complexity index is 566. The van der Waals surface area contributed by atoms with Crippen molar-refractivity contribution in [3.63, 3.8) is 0 Å². The number of esters is 1. The van der Waals surface area contributed by atoms with E-state index in [0.29, 0.717) is 10.8 Å². The molecule has 0 saturated carbocycles. The highest BCUT2D eigenvalue weighted by atomic mass is 32.1. The van der Waals surface area contributed by atoms with E-state index in [9.17, 15) is 9.59 Å². The van der Waals surface area contributed by atoms with Crippen LogP contribution in [0.1, 0.15) is 40.9 Å². The highest BCUT2D eigenvalue weighted by molar-refractivity contribution is 7.12. The number of rotatable bonds is 4. The fraction of sp³-hybridized carbons (Fsp3) is 0.647. The third-order valence-electron chi connectivity index (χ3n) is 4.78. The second kappa shape index (κ2) is 7.45. The van der Waals surface area contributed by atoms with Crippen molar-refractivity contribution in [2.75, 3.05) is 33.3 Å². The molecule has 2 saturated heterocycles. The number of likely N-dealkylation sites (tertiary alicyclic amines) is 2. The summed E-state index contributed by atoms with van der Waals surface area (Å²) in [6, 6.07) is 1.99. The summed E-state index contributed by atoms with van der Waals surface area (Å²) >= 11 is 1.42. The molecule has 0 bridgehead atoms. The number of thiophene rings is 1. The van der Waals surface area contributed by atoms with Crippen LogP contribution in [-0.4, -0.2) is 55.0 Å². The Hall–Kier alpha value is -1.40. The Morgan fingerprint density at radius 1 is 1.26 bits per heavy atom. The Morgan fingerprint density at radius 3 is 2.78 bits per heavy atom. The lowest BCUT2D eigenvalue weighted by atomic mass is 9.96. The summed E-state index contributed by atoms with van der Waals surface area (Å²) in [4.78, 5) is 29.4. The maximum absolute atomic E-state index is 12.6. The van der Waals surface area contributed by atoms with Crippen LogP contribution in [-0.2, 0) is 16.1 Å². The van der Waals surface area contributed by atoms with Crippen molar-refractivity contribution in [3.8, 4) is 0 Å². The molecular weight excluding hydrogens is 312 g/mol. The molecular formula is C17H24N2O3S. The Labute approximate surface area is 141 Å². The van der Waals surface area contributed by atoms with E-state index in [1.54, 1.807) is 0 Å². The Balaban J connectivity index is 1.61. The first-order valence-corrected chi connectivity index (χ1v) is 9.23. The summed E-state index contributed by atoms with van der Waals surface area (Å²) in [7, 11) is 1.41. The van der Waals surface area contributed by atoms with Gasteiger partial charge in [-0.3, -0.25) is 9.69 Å². The molecule has 2 aliphatic heterocycles. The lowest BCUT2D eigenvalue weighted by molar-refractivity contribution is -0.136. The number of ether oxygens (including phenoxy) is 1. The van der Waals surface area contributed by atoms with Gasteiger partial charge in [-0.05, 0) is 49.2 Å². The zero-order chi connectivity index (χ0) is 16.2. The minimum absolute atomic E-state index is 0.113. The lowest BCUT2D eigenvalue weighted by Crippen LogP contribution is -2.43. The molecule has 2 aliphatic rings. The third-order valence-corrected chi connectivity index (χ3v) is 5.72. The van der Waals surface area contributed by atoms with Crippen molar-refractivity contribution in [2.45, 2.75) is 32.2 Å². The monoisotopic (exact) mass is 336 g/mol. The van der Waals surface area contributed by atoms with E-state index >= 15 is 0 Å². The minimum atomic E-state index is -0.267. The first-order valence-electron chi connectivity index (χ1n) is 8.35. The van der Waals surface area contributed by atoms with E-state index in [1.807, 2.05) is 16.3 Å². The van der Waals surface area contributed by atoms with Crippen molar-refractivity contribution < 1.29 is 14.3 Å². The summed E-state index contributed by atoms with van der Waals surface area (Å²) in [5.74, 6) is 0.171. The summed E-state index contributed by atoms with van der Waals surface area (Å²) in [5.41, 5.74) is 1.01. The lowest BCUT2D eigenvalue weighted by Gasteiger charge is -2.33. The Kier molecular flexibility index (Phi) is 5.33. The number of methoxy groups -OCH3 is 1. The van der Waals surface area contributed by atoms with Gasteiger partial charge in [0.1, 0.15) is 4.88 Å². The quantitative estimate of drug-likeness (QED) is 0.792. The van der Waals surface area contributed by atoms with E-state index in [4.69, 9.17) is 4.74 Å². The SMILES string of the molecule is COC(=O)c1sccc1CN1CCCC(C(=O)N2CCCC2)C1. The molecule has 0 aromatic carbocycles. The molecule has 1 unspecified atom stereocenters. The van der Waals surface area contributed by atoms with Gasteiger partial charge < -0.3 is 9.64 Å². The first kappa shape index (κ1) is 16.5. The van der Waals surface area contributed by atoms with Gasteiger partial charge in [0.25, 0.3) is 0 Å². The van der Waals surface area contributed by atoms with Crippen LogP contribution in [0, 0.1) is 5.92 Å². The van der Waals surface area contributed by atoms with E-state index < -0.39 is 0 Å². The van der Waals surface area contributed by atoms with Gasteiger partial charge in [-0.1, -0.05) is 0 Å². The number of hydrogen-bond acceptors (Lipinski definition) is 5. The van der Waals surface area contributed by atoms with E-state index in [2.05, 4.69) is 4.90 Å². The van der Waals surface area contributed by atoms with Gasteiger partial charge in [0.15, 0.2) is 0 Å². The Morgan fingerprint density at radius 2 is 2.04 bits per heavy atom. The van der Waals surface area contributed by atoms with Crippen LogP contribution in [0.15, 0.2) is 11.4 Å². The van der Waals surface area contributed by atoms with Crippen LogP contribution >= 0.6 is 11.3 Å². The number of hydrogen-bond donors (Lipinski definition) is 0. The summed E-state index contributed by atoms with van der Waals surface area (Å²) in [6.07, 6.45) is 4.31. The van der Waals surface area contributed by atoms with E-state index in [-0.39, 0.29) is 11.9 Å². The zero-order valence-electron chi connectivity index (χ0n) is 13.6. The molecule has 23 heavy (non-hydrogen) atoms. The normalized spacial score (nSPS) is 22.3. The van der Waals surface area contributed by atoms with Gasteiger partial charge in [0.05, 0.1) is 13.0 Å². The number of piperidine rings is 1. The van der Waals surface area contributed by atoms with Crippen molar-refractivity contribution in [1.29, 1.82) is 0 Å². The summed E-state index contributed by atoms with van der Waals surface area (Å²) in [6.45, 7) is 4.35. The minimum Gasteiger partial charge on any atom is -0.465 e. The molecule has 3 heterocycles. The molecule has 0 spiro atoms. The molecule has 5 nitrogen and oxygen atoms in total. The van der Waals surface area contributed by atoms with Crippen LogP contribution in [0.2, 0.25) is 0 Å². The molecule has 3 rings (SSSR count). The largest absolute Gasteiger partial charge is 0.465 e. The molecule has 1 aromatic rings. The van der Waals surface area contributed by atoms with Crippen molar-refractivity contribution >= 4 is 23.2 Å². The van der Waals surface area contributed by atoms with Gasteiger partial charge in [0, 0.05) is 26.2 Å². The van der Waals surface area contributed by atoms with Crippen molar-refractivity contribution in [3.05, 3.63) is 21.9 Å². The van der Waals surface area contributed by atoms with Crippen LogP contribution < -0.4 is 0 Å². The van der Waals surface area contributed by atoms with Gasteiger partial charge in [-0.2, -0.15) is 0 Å². The highest BCUT2D eigenvalue weighted by Crippen LogP contribution is 2.25. The average molecular weight is 336 g/mol. The summed E-state index contributed by atoms with van der Waals surface area (Å²) < 4.78 is 4.84. The molecule has 2 fully saturated rings. The van der Waals surface area contributed by atoms with Crippen molar-refractivity contribution in [1.82, 2.24) is 9.80 Å². The molecule has 1 aromatic heterocycles. The second-order valence-electron chi connectivity index (χ2n) is 6.37. The van der Waals surface area contributed by atoms with Gasteiger partial charge >= 0.3 is 5.97 Å². The van der Waals surface area contributed by atoms with Gasteiger partial charge in [-0.15, -0.1) is 11.3 Å². The highest BCUT2D eigenvalue weighted by Gasteiger charge is 2.31. The number of nitrogens with zero attached hydrogens (tertiary/aromatic N) is 2. The molecule has 6 heteroatoms. The predicted molar refractivity (Wildman–Crippen MR) is 89.5 cm³/mol. The van der Waals surface area contributed by atoms with Crippen molar-refractivity contribution in [2.24, 2.45) is 5.92 Å². The fourth-order valence-electron chi connectivity index (χ4n) is 3.57. The first-order chi connectivity index (χ1) is 11.2. The standard InChI is InChI=1S/C17H24N2O3S/c1-22-17(21)15-13(6-10-23-15)11-18-7-4-5-14(12-18)16(20)19-8-2-3-9-19/h6,10,14H,2-5,7-9,11-12H2,1H3. The molecule has 0 aliphatic carbocycles. The van der Waals surface area contributed by atoms with E-state index in [1.165, 1.54) is 18.4 Å². The molecule has 1 amide bonds. The molecule has 126 valence electrons. The number of amides is 1. The smallest absolute Gasteiger partial charge is 0.348 e. The fourth-order valence-corrected chi connectivity index (χ4v) is 4.40.